The molecule has 0 saturated carbocycles. The molecule has 1 aromatic heterocycles. The van der Waals surface area contributed by atoms with Gasteiger partial charge in [0.1, 0.15) is 0 Å². The Balaban J connectivity index is 1.61. The van der Waals surface area contributed by atoms with Crippen molar-refractivity contribution in [3.8, 4) is 0 Å². The summed E-state index contributed by atoms with van der Waals surface area (Å²) in [5, 5.41) is 3.04. The maximum Gasteiger partial charge on any atom is 0.228 e. The zero-order chi connectivity index (χ0) is 15.2. The third-order valence-electron chi connectivity index (χ3n) is 5.61. The number of aromatic nitrogens is 2. The van der Waals surface area contributed by atoms with Crippen LogP contribution in [0.2, 0.25) is 0 Å². The lowest BCUT2D eigenvalue weighted by molar-refractivity contribution is -0.132. The molecule has 4 rings (SSSR count). The Bertz CT molecular complexity index is 615. The normalized spacial score (nSPS) is 27.9. The van der Waals surface area contributed by atoms with Gasteiger partial charge in [-0.3, -0.25) is 4.79 Å². The summed E-state index contributed by atoms with van der Waals surface area (Å²) in [6.07, 6.45) is 7.69. The first kappa shape index (κ1) is 14.0. The second kappa shape index (κ2) is 5.21. The number of hydrogen-bond acceptors (Lipinski definition) is 4. The average molecular weight is 300 g/mol. The number of aryl methyl sites for hydroxylation is 2. The van der Waals surface area contributed by atoms with E-state index in [1.54, 1.807) is 0 Å². The van der Waals surface area contributed by atoms with Gasteiger partial charge in [0.15, 0.2) is 0 Å². The lowest BCUT2D eigenvalue weighted by Gasteiger charge is -2.32. The van der Waals surface area contributed by atoms with Gasteiger partial charge >= 0.3 is 0 Å². The lowest BCUT2D eigenvalue weighted by Crippen LogP contribution is -2.47. The highest BCUT2D eigenvalue weighted by atomic mass is 16.2. The summed E-state index contributed by atoms with van der Waals surface area (Å²) in [6.45, 7) is 4.60. The van der Waals surface area contributed by atoms with Crippen LogP contribution in [0.15, 0.2) is 0 Å². The van der Waals surface area contributed by atoms with Crippen LogP contribution in [0.25, 0.3) is 0 Å². The maximum atomic E-state index is 12.3. The molecule has 22 heavy (non-hydrogen) atoms. The van der Waals surface area contributed by atoms with Crippen molar-refractivity contribution in [1.29, 1.82) is 0 Å². The van der Waals surface area contributed by atoms with E-state index in [-0.39, 0.29) is 11.3 Å². The van der Waals surface area contributed by atoms with Gasteiger partial charge in [-0.05, 0) is 57.4 Å². The standard InChI is InChI=1S/C17H24N4O/c1-12-13-5-2-3-6-14(13)20-16(19-12)21-10-8-17(11-21)7-4-9-18-15(17)22/h2-11H2,1H3,(H,18,22). The molecule has 0 radical (unpaired) electrons. The number of amides is 1. The highest BCUT2D eigenvalue weighted by molar-refractivity contribution is 5.84. The summed E-state index contributed by atoms with van der Waals surface area (Å²) < 4.78 is 0. The minimum absolute atomic E-state index is 0.203. The van der Waals surface area contributed by atoms with Crippen LogP contribution >= 0.6 is 0 Å². The summed E-state index contributed by atoms with van der Waals surface area (Å²) >= 11 is 0. The molecule has 0 bridgehead atoms. The predicted octanol–water partition coefficient (Wildman–Crippen LogP) is 1.77. The first-order valence-corrected chi connectivity index (χ1v) is 8.58. The lowest BCUT2D eigenvalue weighted by atomic mass is 9.79. The van der Waals surface area contributed by atoms with E-state index in [1.165, 1.54) is 24.1 Å². The molecule has 1 aromatic rings. The van der Waals surface area contributed by atoms with Gasteiger partial charge in [-0.1, -0.05) is 0 Å². The van der Waals surface area contributed by atoms with Crippen LogP contribution in [-0.2, 0) is 17.6 Å². The number of nitrogens with one attached hydrogen (secondary N) is 1. The van der Waals surface area contributed by atoms with Crippen LogP contribution in [0.3, 0.4) is 0 Å². The first-order valence-electron chi connectivity index (χ1n) is 8.58. The number of carbonyl (C=O) groups excluding carboxylic acids is 1. The van der Waals surface area contributed by atoms with Gasteiger partial charge in [0.25, 0.3) is 0 Å². The van der Waals surface area contributed by atoms with Gasteiger partial charge < -0.3 is 10.2 Å². The molecule has 2 saturated heterocycles. The van der Waals surface area contributed by atoms with E-state index in [0.29, 0.717) is 0 Å². The molecule has 1 unspecified atom stereocenters. The Morgan fingerprint density at radius 1 is 1.14 bits per heavy atom. The van der Waals surface area contributed by atoms with E-state index >= 15 is 0 Å². The van der Waals surface area contributed by atoms with Crippen molar-refractivity contribution >= 4 is 11.9 Å². The Morgan fingerprint density at radius 2 is 2.00 bits per heavy atom. The Labute approximate surface area is 131 Å². The molecule has 0 aromatic carbocycles. The van der Waals surface area contributed by atoms with Gasteiger partial charge in [0.2, 0.25) is 11.9 Å². The summed E-state index contributed by atoms with van der Waals surface area (Å²) in [6, 6.07) is 0. The number of fused-ring (bicyclic) bond motifs is 1. The predicted molar refractivity (Wildman–Crippen MR) is 84.9 cm³/mol. The van der Waals surface area contributed by atoms with Crippen molar-refractivity contribution in [2.75, 3.05) is 24.5 Å². The Hall–Kier alpha value is -1.65. The molecule has 5 heteroatoms. The van der Waals surface area contributed by atoms with E-state index < -0.39 is 0 Å². The maximum absolute atomic E-state index is 12.3. The van der Waals surface area contributed by atoms with Crippen LogP contribution < -0.4 is 10.2 Å². The van der Waals surface area contributed by atoms with Crippen LogP contribution in [0, 0.1) is 12.3 Å². The van der Waals surface area contributed by atoms with Gasteiger partial charge in [-0.25, -0.2) is 9.97 Å². The number of hydrogen-bond donors (Lipinski definition) is 1. The third-order valence-corrected chi connectivity index (χ3v) is 5.61. The molecule has 1 spiro atoms. The Kier molecular flexibility index (Phi) is 3.31. The fourth-order valence-electron chi connectivity index (χ4n) is 4.27. The molecular formula is C17H24N4O. The first-order chi connectivity index (χ1) is 10.7. The molecule has 118 valence electrons. The van der Waals surface area contributed by atoms with Gasteiger partial charge in [-0.15, -0.1) is 0 Å². The summed E-state index contributed by atoms with van der Waals surface area (Å²) in [4.78, 5) is 24.1. The monoisotopic (exact) mass is 300 g/mol. The molecule has 1 aliphatic carbocycles. The van der Waals surface area contributed by atoms with Crippen LogP contribution in [0.5, 0.6) is 0 Å². The highest BCUT2D eigenvalue weighted by Gasteiger charge is 2.46. The van der Waals surface area contributed by atoms with E-state index in [9.17, 15) is 4.79 Å². The van der Waals surface area contributed by atoms with Crippen LogP contribution in [-0.4, -0.2) is 35.5 Å². The Morgan fingerprint density at radius 3 is 2.86 bits per heavy atom. The number of carbonyl (C=O) groups is 1. The highest BCUT2D eigenvalue weighted by Crippen LogP contribution is 2.39. The number of rotatable bonds is 1. The van der Waals surface area contributed by atoms with Crippen molar-refractivity contribution in [1.82, 2.24) is 15.3 Å². The largest absolute Gasteiger partial charge is 0.356 e. The fourth-order valence-corrected chi connectivity index (χ4v) is 4.27. The molecule has 2 fully saturated rings. The number of anilines is 1. The van der Waals surface area contributed by atoms with E-state index in [0.717, 1.165) is 63.4 Å². The van der Waals surface area contributed by atoms with Crippen LogP contribution in [0.4, 0.5) is 5.95 Å². The summed E-state index contributed by atoms with van der Waals surface area (Å²) in [7, 11) is 0. The van der Waals surface area contributed by atoms with Crippen molar-refractivity contribution in [3.63, 3.8) is 0 Å². The quantitative estimate of drug-likeness (QED) is 0.859. The van der Waals surface area contributed by atoms with E-state index in [1.807, 2.05) is 0 Å². The second-order valence-electron chi connectivity index (χ2n) is 7.05. The number of nitrogens with zero attached hydrogens (tertiary/aromatic N) is 3. The zero-order valence-electron chi connectivity index (χ0n) is 13.3. The number of piperidine rings is 1. The molecule has 5 nitrogen and oxygen atoms in total. The molecule has 2 aliphatic heterocycles. The molecule has 1 N–H and O–H groups in total. The fraction of sp³-hybridized carbons (Fsp3) is 0.706. The minimum Gasteiger partial charge on any atom is -0.356 e. The van der Waals surface area contributed by atoms with Crippen molar-refractivity contribution < 1.29 is 4.79 Å². The van der Waals surface area contributed by atoms with E-state index in [2.05, 4.69) is 17.1 Å². The van der Waals surface area contributed by atoms with Crippen molar-refractivity contribution in [2.24, 2.45) is 5.41 Å². The topological polar surface area (TPSA) is 58.1 Å². The van der Waals surface area contributed by atoms with Crippen molar-refractivity contribution in [3.05, 3.63) is 17.0 Å². The van der Waals surface area contributed by atoms with Crippen LogP contribution in [0.1, 0.15) is 49.1 Å². The van der Waals surface area contributed by atoms with E-state index in [4.69, 9.17) is 9.97 Å². The summed E-state index contributed by atoms with van der Waals surface area (Å²) in [5.41, 5.74) is 3.53. The molecule has 3 heterocycles. The van der Waals surface area contributed by atoms with Gasteiger partial charge in [-0.2, -0.15) is 0 Å². The second-order valence-corrected chi connectivity index (χ2v) is 7.05. The minimum atomic E-state index is -0.203. The van der Waals surface area contributed by atoms with Gasteiger partial charge in [0.05, 0.1) is 5.41 Å². The zero-order valence-corrected chi connectivity index (χ0v) is 13.3. The smallest absolute Gasteiger partial charge is 0.228 e. The molecular weight excluding hydrogens is 276 g/mol. The molecule has 1 atom stereocenters. The third kappa shape index (κ3) is 2.18. The average Bonchev–Trinajstić information content (AvgIpc) is 2.96. The van der Waals surface area contributed by atoms with Gasteiger partial charge in [0, 0.05) is 31.0 Å². The summed E-state index contributed by atoms with van der Waals surface area (Å²) in [5.74, 6) is 1.07. The van der Waals surface area contributed by atoms with Crippen molar-refractivity contribution in [2.45, 2.75) is 51.9 Å². The molecule has 1 amide bonds. The SMILES string of the molecule is Cc1nc(N2CCC3(CCCNC3=O)C2)nc2c1CCCC2. The molecule has 3 aliphatic rings.